The molecule has 0 spiro atoms. The number of Topliss-reactive ketones (excluding diaryl/α,β-unsaturated/α-hetero) is 2. The predicted molar refractivity (Wildman–Crippen MR) is 144 cm³/mol. The highest BCUT2D eigenvalue weighted by Gasteiger charge is 2.45. The van der Waals surface area contributed by atoms with Crippen LogP contribution in [0.15, 0.2) is 73.2 Å². The van der Waals surface area contributed by atoms with Gasteiger partial charge in [0.05, 0.1) is 12.1 Å². The summed E-state index contributed by atoms with van der Waals surface area (Å²) in [6.45, 7) is 2.04. The molecule has 40 heavy (non-hydrogen) atoms. The van der Waals surface area contributed by atoms with E-state index in [-0.39, 0.29) is 29.0 Å². The Kier molecular flexibility index (Phi) is 6.38. The molecule has 0 aliphatic heterocycles. The number of nitrogens with zero attached hydrogens (tertiary/aromatic N) is 3. The lowest BCUT2D eigenvalue weighted by Gasteiger charge is -2.31. The lowest BCUT2D eigenvalue weighted by Crippen LogP contribution is -2.38. The molecular formula is C32H24FN3O4. The highest BCUT2D eigenvalue weighted by molar-refractivity contribution is 6.20. The molecule has 0 saturated heterocycles. The van der Waals surface area contributed by atoms with Crippen molar-refractivity contribution in [2.24, 2.45) is 11.8 Å². The van der Waals surface area contributed by atoms with Crippen LogP contribution >= 0.6 is 0 Å². The van der Waals surface area contributed by atoms with Crippen molar-refractivity contribution in [2.45, 2.75) is 25.7 Å². The maximum atomic E-state index is 13.9. The van der Waals surface area contributed by atoms with Crippen molar-refractivity contribution in [1.82, 2.24) is 15.2 Å². The van der Waals surface area contributed by atoms with Crippen molar-refractivity contribution in [3.8, 4) is 0 Å². The van der Waals surface area contributed by atoms with Gasteiger partial charge >= 0.3 is 5.97 Å². The number of rotatable bonds is 3. The number of benzene rings is 3. The topological polar surface area (TPSA) is 110 Å². The molecule has 7 rings (SSSR count). The molecule has 3 aliphatic rings. The van der Waals surface area contributed by atoms with Gasteiger partial charge in [-0.25, -0.2) is 14.2 Å². The second kappa shape index (κ2) is 10.0. The van der Waals surface area contributed by atoms with Gasteiger partial charge < -0.3 is 5.11 Å². The second-order valence-electron chi connectivity index (χ2n) is 10.2. The van der Waals surface area contributed by atoms with Gasteiger partial charge in [-0.2, -0.15) is 0 Å². The van der Waals surface area contributed by atoms with E-state index in [0.717, 1.165) is 56.6 Å². The molecule has 4 aromatic rings. The smallest absolute Gasteiger partial charge is 0.358 e. The summed E-state index contributed by atoms with van der Waals surface area (Å²) in [7, 11) is 0. The van der Waals surface area contributed by atoms with E-state index < -0.39 is 11.9 Å². The number of ketones is 2. The summed E-state index contributed by atoms with van der Waals surface area (Å²) in [4.78, 5) is 40.7. The molecule has 3 aromatic carbocycles. The van der Waals surface area contributed by atoms with E-state index in [1.165, 1.54) is 18.5 Å². The van der Waals surface area contributed by atoms with Crippen LogP contribution in [-0.4, -0.2) is 37.8 Å². The number of carboxylic acids is 1. The number of fused-ring (bicyclic) bond motifs is 4. The van der Waals surface area contributed by atoms with Gasteiger partial charge in [0.25, 0.3) is 0 Å². The van der Waals surface area contributed by atoms with E-state index in [0.29, 0.717) is 11.5 Å². The first-order valence-corrected chi connectivity index (χ1v) is 13.0. The lowest BCUT2D eigenvalue weighted by atomic mass is 9.70. The standard InChI is InChI=1S/C28H21FO2.C4H3N3O2/c1-15-20-12-13-22-21-5-3-2-4-18(21)14-23(30)26(22)27(20)25(17-8-10-19(29)11-9-17)28(31)24(15)16-6-7-16;8-4(9)3-1-5-2-6-7-3/h2-5,8-14,16,24-25H,6-7H2,1H3;1-2H,(H,8,9). The van der Waals surface area contributed by atoms with Gasteiger partial charge in [0.15, 0.2) is 17.3 Å². The largest absolute Gasteiger partial charge is 0.476 e. The highest BCUT2D eigenvalue weighted by Crippen LogP contribution is 2.46. The molecule has 1 N–H and O–H groups in total. The van der Waals surface area contributed by atoms with E-state index in [4.69, 9.17) is 5.11 Å². The van der Waals surface area contributed by atoms with Crippen LogP contribution in [0.2, 0.25) is 0 Å². The van der Waals surface area contributed by atoms with Crippen molar-refractivity contribution < 1.29 is 23.9 Å². The average Bonchev–Trinajstić information content (AvgIpc) is 3.80. The van der Waals surface area contributed by atoms with Crippen LogP contribution in [0, 0.1) is 28.1 Å². The van der Waals surface area contributed by atoms with Gasteiger partial charge in [0.1, 0.15) is 12.1 Å². The second-order valence-corrected chi connectivity index (χ2v) is 10.2. The van der Waals surface area contributed by atoms with Crippen molar-refractivity contribution in [3.63, 3.8) is 0 Å². The number of aromatic carboxylic acids is 1. The van der Waals surface area contributed by atoms with Crippen LogP contribution in [0.5, 0.6) is 0 Å². The molecule has 1 saturated carbocycles. The van der Waals surface area contributed by atoms with Crippen molar-refractivity contribution in [3.05, 3.63) is 122 Å². The Balaban J connectivity index is 0.000000276. The molecule has 0 radical (unpaired) electrons. The summed E-state index contributed by atoms with van der Waals surface area (Å²) in [5.41, 5.74) is 3.09. The fourth-order valence-corrected chi connectivity index (χ4v) is 5.88. The maximum absolute atomic E-state index is 13.9. The van der Waals surface area contributed by atoms with Gasteiger partial charge in [-0.3, -0.25) is 9.59 Å². The first-order valence-electron chi connectivity index (χ1n) is 13.0. The lowest BCUT2D eigenvalue weighted by molar-refractivity contribution is -0.122. The quantitative estimate of drug-likeness (QED) is 0.429. The third-order valence-corrected chi connectivity index (χ3v) is 7.80. The van der Waals surface area contributed by atoms with Crippen molar-refractivity contribution in [2.75, 3.05) is 0 Å². The molecule has 8 heteroatoms. The monoisotopic (exact) mass is 533 g/mol. The van der Waals surface area contributed by atoms with E-state index in [9.17, 15) is 18.8 Å². The van der Waals surface area contributed by atoms with Crippen LogP contribution in [0.4, 0.5) is 4.39 Å². The maximum Gasteiger partial charge on any atom is 0.358 e. The molecule has 0 amide bonds. The summed E-state index contributed by atoms with van der Waals surface area (Å²) < 4.78 is 13.7. The SMILES string of the molecule is CC1=c2ccc3c(c2C(c2ccc(F)cc2)C(=O)C1C1CC1)C(=O)C=c1ccccc1=3.O=C(O)c1cncnn1. The predicted octanol–water partition coefficient (Wildman–Crippen LogP) is 3.57. The number of carbonyl (C=O) groups excluding carboxylic acids is 2. The fraction of sp³-hybridized carbons (Fsp3) is 0.188. The van der Waals surface area contributed by atoms with Crippen LogP contribution < -0.4 is 10.4 Å². The molecule has 1 aromatic heterocycles. The van der Waals surface area contributed by atoms with Crippen molar-refractivity contribution >= 4 is 29.2 Å². The molecule has 1 heterocycles. The van der Waals surface area contributed by atoms with E-state index >= 15 is 0 Å². The molecule has 198 valence electrons. The Bertz CT molecular complexity index is 1900. The Morgan fingerprint density at radius 3 is 2.33 bits per heavy atom. The molecule has 7 nitrogen and oxygen atoms in total. The first kappa shape index (κ1) is 25.4. The first-order chi connectivity index (χ1) is 19.3. The number of aromatic nitrogens is 3. The summed E-state index contributed by atoms with van der Waals surface area (Å²) in [6.07, 6.45) is 6.10. The number of hydrogen-bond donors (Lipinski definition) is 1. The Hall–Kier alpha value is -4.85. The summed E-state index contributed by atoms with van der Waals surface area (Å²) in [5.74, 6) is -1.68. The number of carboxylic acid groups (broad SMARTS) is 1. The Morgan fingerprint density at radius 2 is 1.68 bits per heavy atom. The van der Waals surface area contributed by atoms with Gasteiger partial charge in [0.2, 0.25) is 0 Å². The number of carbonyl (C=O) groups is 3. The number of hydrogen-bond acceptors (Lipinski definition) is 6. The van der Waals surface area contributed by atoms with E-state index in [2.05, 4.69) is 21.2 Å². The number of halogens is 1. The zero-order valence-electron chi connectivity index (χ0n) is 21.5. The van der Waals surface area contributed by atoms with E-state index in [1.54, 1.807) is 18.2 Å². The fourth-order valence-electron chi connectivity index (χ4n) is 5.88. The van der Waals surface area contributed by atoms with Gasteiger partial charge in [-0.15, -0.1) is 10.2 Å². The summed E-state index contributed by atoms with van der Waals surface area (Å²) in [6, 6.07) is 18.1. The minimum atomic E-state index is -1.12. The van der Waals surface area contributed by atoms with Gasteiger partial charge in [0, 0.05) is 11.5 Å². The summed E-state index contributed by atoms with van der Waals surface area (Å²) >= 11 is 0. The molecular weight excluding hydrogens is 509 g/mol. The summed E-state index contributed by atoms with van der Waals surface area (Å²) in [5, 5.41) is 18.6. The molecule has 2 atom stereocenters. The van der Waals surface area contributed by atoms with Crippen LogP contribution in [0.3, 0.4) is 0 Å². The Labute approximate surface area is 228 Å². The molecule has 1 fully saturated rings. The van der Waals surface area contributed by atoms with Gasteiger partial charge in [-0.05, 0) is 75.9 Å². The molecule has 2 unspecified atom stereocenters. The third-order valence-electron chi connectivity index (χ3n) is 7.80. The van der Waals surface area contributed by atoms with Crippen molar-refractivity contribution in [1.29, 1.82) is 0 Å². The van der Waals surface area contributed by atoms with Crippen LogP contribution in [0.25, 0.3) is 11.6 Å². The molecule has 3 aliphatic carbocycles. The van der Waals surface area contributed by atoms with Gasteiger partial charge in [-0.1, -0.05) is 54.1 Å². The third kappa shape index (κ3) is 4.41. The zero-order valence-corrected chi connectivity index (χ0v) is 21.5. The minimum absolute atomic E-state index is 0.0665. The minimum Gasteiger partial charge on any atom is -0.476 e. The average molecular weight is 534 g/mol. The Morgan fingerprint density at radius 1 is 0.950 bits per heavy atom. The zero-order chi connectivity index (χ0) is 28.0. The highest BCUT2D eigenvalue weighted by atomic mass is 19.1. The van der Waals surface area contributed by atoms with E-state index in [1.807, 2.05) is 37.3 Å². The normalized spacial score (nSPS) is 18.9. The van der Waals surface area contributed by atoms with Crippen LogP contribution in [-0.2, 0) is 4.79 Å². The van der Waals surface area contributed by atoms with Crippen LogP contribution in [0.1, 0.15) is 57.7 Å². The molecule has 0 bridgehead atoms.